The van der Waals surface area contributed by atoms with E-state index in [2.05, 4.69) is 18.7 Å². The number of aliphatic carboxylic acids is 1. The van der Waals surface area contributed by atoms with Crippen molar-refractivity contribution in [1.29, 1.82) is 0 Å². The van der Waals surface area contributed by atoms with Crippen LogP contribution in [0.25, 0.3) is 0 Å². The minimum atomic E-state index is -0.840. The molecule has 0 aromatic heterocycles. The van der Waals surface area contributed by atoms with Crippen molar-refractivity contribution in [1.82, 2.24) is 4.90 Å². The number of carboxylic acid groups (broad SMARTS) is 1. The van der Waals surface area contributed by atoms with Gasteiger partial charge < -0.3 is 5.11 Å². The molecular weight excluding hydrogens is 190 g/mol. The third kappa shape index (κ3) is 3.34. The number of carbonyl (C=O) groups is 1. The largest absolute Gasteiger partial charge is 0.478 e. The highest BCUT2D eigenvalue weighted by molar-refractivity contribution is 5.80. The lowest BCUT2D eigenvalue weighted by atomic mass is 10.1. The van der Waals surface area contributed by atoms with Gasteiger partial charge in [-0.05, 0) is 33.1 Å². The maximum atomic E-state index is 10.5. The molecule has 0 radical (unpaired) electrons. The van der Waals surface area contributed by atoms with E-state index in [1.807, 2.05) is 6.92 Å². The molecule has 0 saturated carbocycles. The van der Waals surface area contributed by atoms with E-state index < -0.39 is 5.97 Å². The molecule has 0 spiro atoms. The summed E-state index contributed by atoms with van der Waals surface area (Å²) in [6.45, 7) is 7.12. The molecule has 1 saturated heterocycles. The summed E-state index contributed by atoms with van der Waals surface area (Å²) in [5, 5.41) is 8.65. The summed E-state index contributed by atoms with van der Waals surface area (Å²) >= 11 is 0. The standard InChI is InChI=1S/C12H21NO2/c1-4-11-6-5-10(3)13(11)8-9(2)7-12(14)15/h7,10-11H,4-6,8H2,1-3H3,(H,14,15). The Morgan fingerprint density at radius 3 is 2.73 bits per heavy atom. The molecule has 0 bridgehead atoms. The second-order valence-electron chi connectivity index (χ2n) is 4.49. The molecule has 1 fully saturated rings. The molecule has 0 aromatic carbocycles. The Labute approximate surface area is 91.8 Å². The van der Waals surface area contributed by atoms with Crippen LogP contribution in [0.4, 0.5) is 0 Å². The minimum Gasteiger partial charge on any atom is -0.478 e. The van der Waals surface area contributed by atoms with Crippen LogP contribution in [0.1, 0.15) is 40.0 Å². The van der Waals surface area contributed by atoms with Crippen molar-refractivity contribution in [2.24, 2.45) is 0 Å². The van der Waals surface area contributed by atoms with Crippen LogP contribution < -0.4 is 0 Å². The summed E-state index contributed by atoms with van der Waals surface area (Å²) in [5.41, 5.74) is 0.940. The fourth-order valence-electron chi connectivity index (χ4n) is 2.39. The van der Waals surface area contributed by atoms with Crippen molar-refractivity contribution in [3.05, 3.63) is 11.6 Å². The number of rotatable bonds is 4. The van der Waals surface area contributed by atoms with E-state index in [1.54, 1.807) is 0 Å². The summed E-state index contributed by atoms with van der Waals surface area (Å²) in [5.74, 6) is -0.840. The van der Waals surface area contributed by atoms with Gasteiger partial charge in [0.15, 0.2) is 0 Å². The van der Waals surface area contributed by atoms with Gasteiger partial charge in [-0.25, -0.2) is 4.79 Å². The Morgan fingerprint density at radius 2 is 2.20 bits per heavy atom. The summed E-state index contributed by atoms with van der Waals surface area (Å²) in [6.07, 6.45) is 4.96. The first-order valence-electron chi connectivity index (χ1n) is 5.70. The number of hydrogen-bond donors (Lipinski definition) is 1. The fraction of sp³-hybridized carbons (Fsp3) is 0.750. The van der Waals surface area contributed by atoms with E-state index in [0.717, 1.165) is 18.5 Å². The van der Waals surface area contributed by atoms with E-state index in [4.69, 9.17) is 5.11 Å². The van der Waals surface area contributed by atoms with Crippen LogP contribution in [0, 0.1) is 0 Å². The van der Waals surface area contributed by atoms with Crippen LogP contribution >= 0.6 is 0 Å². The van der Waals surface area contributed by atoms with E-state index in [1.165, 1.54) is 18.9 Å². The average Bonchev–Trinajstić information content (AvgIpc) is 2.46. The van der Waals surface area contributed by atoms with Crippen LogP contribution in [-0.2, 0) is 4.79 Å². The second-order valence-corrected chi connectivity index (χ2v) is 4.49. The van der Waals surface area contributed by atoms with E-state index in [0.29, 0.717) is 12.1 Å². The van der Waals surface area contributed by atoms with Crippen LogP contribution in [0.2, 0.25) is 0 Å². The second kappa shape index (κ2) is 5.31. The van der Waals surface area contributed by atoms with Crippen LogP contribution in [0.3, 0.4) is 0 Å². The lowest BCUT2D eigenvalue weighted by Gasteiger charge is -2.27. The first-order chi connectivity index (χ1) is 7.04. The Morgan fingerprint density at radius 1 is 1.53 bits per heavy atom. The molecule has 1 aliphatic heterocycles. The predicted octanol–water partition coefficient (Wildman–Crippen LogP) is 2.28. The van der Waals surface area contributed by atoms with Crippen molar-refractivity contribution < 1.29 is 9.90 Å². The molecule has 15 heavy (non-hydrogen) atoms. The molecular formula is C12H21NO2. The molecule has 0 aromatic rings. The van der Waals surface area contributed by atoms with Gasteiger partial charge in [0.2, 0.25) is 0 Å². The van der Waals surface area contributed by atoms with Gasteiger partial charge in [0.25, 0.3) is 0 Å². The summed E-state index contributed by atoms with van der Waals surface area (Å²) in [7, 11) is 0. The zero-order chi connectivity index (χ0) is 11.4. The first kappa shape index (κ1) is 12.2. The maximum Gasteiger partial charge on any atom is 0.328 e. The van der Waals surface area contributed by atoms with Gasteiger partial charge in [0.05, 0.1) is 0 Å². The van der Waals surface area contributed by atoms with Gasteiger partial charge in [-0.2, -0.15) is 0 Å². The SMILES string of the molecule is CCC1CCC(C)N1CC(C)=CC(=O)O. The van der Waals surface area contributed by atoms with Crippen molar-refractivity contribution >= 4 is 5.97 Å². The molecule has 2 atom stereocenters. The van der Waals surface area contributed by atoms with Crippen LogP contribution in [-0.4, -0.2) is 34.6 Å². The Balaban J connectivity index is 2.59. The molecule has 1 rings (SSSR count). The lowest BCUT2D eigenvalue weighted by Crippen LogP contribution is -2.35. The summed E-state index contributed by atoms with van der Waals surface area (Å²) in [4.78, 5) is 12.9. The van der Waals surface area contributed by atoms with Crippen molar-refractivity contribution in [2.45, 2.75) is 52.1 Å². The quantitative estimate of drug-likeness (QED) is 0.725. The molecule has 0 amide bonds. The Kier molecular flexibility index (Phi) is 4.33. The van der Waals surface area contributed by atoms with Gasteiger partial charge in [0.1, 0.15) is 0 Å². The molecule has 1 N–H and O–H groups in total. The first-order valence-corrected chi connectivity index (χ1v) is 5.70. The number of nitrogens with zero attached hydrogens (tertiary/aromatic N) is 1. The molecule has 3 heteroatoms. The zero-order valence-corrected chi connectivity index (χ0v) is 9.86. The van der Waals surface area contributed by atoms with Crippen LogP contribution in [0.15, 0.2) is 11.6 Å². The highest BCUT2D eigenvalue weighted by Crippen LogP contribution is 2.26. The normalized spacial score (nSPS) is 28.3. The van der Waals surface area contributed by atoms with Crippen molar-refractivity contribution in [3.8, 4) is 0 Å². The van der Waals surface area contributed by atoms with Crippen molar-refractivity contribution in [3.63, 3.8) is 0 Å². The van der Waals surface area contributed by atoms with Crippen molar-refractivity contribution in [2.75, 3.05) is 6.54 Å². The van der Waals surface area contributed by atoms with Gasteiger partial charge in [0, 0.05) is 24.7 Å². The minimum absolute atomic E-state index is 0.590. The summed E-state index contributed by atoms with van der Waals surface area (Å²) < 4.78 is 0. The van der Waals surface area contributed by atoms with Gasteiger partial charge in [-0.3, -0.25) is 4.90 Å². The Bertz CT molecular complexity index is 260. The highest BCUT2D eigenvalue weighted by Gasteiger charge is 2.28. The van der Waals surface area contributed by atoms with Gasteiger partial charge in [-0.15, -0.1) is 0 Å². The monoisotopic (exact) mass is 211 g/mol. The van der Waals surface area contributed by atoms with E-state index in [-0.39, 0.29) is 0 Å². The number of hydrogen-bond acceptors (Lipinski definition) is 2. The molecule has 3 nitrogen and oxygen atoms in total. The molecule has 86 valence electrons. The smallest absolute Gasteiger partial charge is 0.328 e. The molecule has 1 heterocycles. The van der Waals surface area contributed by atoms with E-state index in [9.17, 15) is 4.79 Å². The lowest BCUT2D eigenvalue weighted by molar-refractivity contribution is -0.131. The molecule has 2 unspecified atom stereocenters. The number of likely N-dealkylation sites (tertiary alicyclic amines) is 1. The van der Waals surface area contributed by atoms with Gasteiger partial charge >= 0.3 is 5.97 Å². The van der Waals surface area contributed by atoms with E-state index >= 15 is 0 Å². The third-order valence-corrected chi connectivity index (χ3v) is 3.23. The topological polar surface area (TPSA) is 40.5 Å². The molecule has 0 aliphatic carbocycles. The Hall–Kier alpha value is -0.830. The average molecular weight is 211 g/mol. The molecule has 1 aliphatic rings. The fourth-order valence-corrected chi connectivity index (χ4v) is 2.39. The van der Waals surface area contributed by atoms with Crippen LogP contribution in [0.5, 0.6) is 0 Å². The number of carboxylic acids is 1. The summed E-state index contributed by atoms with van der Waals surface area (Å²) in [6, 6.07) is 1.23. The van der Waals surface area contributed by atoms with Gasteiger partial charge in [-0.1, -0.05) is 12.5 Å². The highest BCUT2D eigenvalue weighted by atomic mass is 16.4. The zero-order valence-electron chi connectivity index (χ0n) is 9.86. The third-order valence-electron chi connectivity index (χ3n) is 3.23. The predicted molar refractivity (Wildman–Crippen MR) is 60.9 cm³/mol. The maximum absolute atomic E-state index is 10.5.